The van der Waals surface area contributed by atoms with Crippen molar-refractivity contribution in [1.82, 2.24) is 10.9 Å². The number of para-hydroxylation sites is 2. The van der Waals surface area contributed by atoms with Crippen LogP contribution in [-0.4, -0.2) is 23.8 Å². The standard InChI is InChI=1S/C18H17N3O4/c1-11-6-8-12(9-7-11)17(23)21-20-16(22)10-15-18(24)19-13-4-2-3-5-14(13)25-15/h2-9,15H,10H2,1H3,(H,19,24)(H,20,22)(H,21,23)/t15-/m0/s1. The number of hydrogen-bond donors (Lipinski definition) is 3. The predicted octanol–water partition coefficient (Wildman–Crippen LogP) is 1.55. The number of benzene rings is 2. The predicted molar refractivity (Wildman–Crippen MR) is 90.9 cm³/mol. The van der Waals surface area contributed by atoms with E-state index < -0.39 is 23.8 Å². The SMILES string of the molecule is Cc1ccc(C(=O)NNC(=O)C[C@@H]2Oc3ccccc3NC2=O)cc1. The molecule has 7 nitrogen and oxygen atoms in total. The lowest BCUT2D eigenvalue weighted by molar-refractivity contribution is -0.130. The molecule has 25 heavy (non-hydrogen) atoms. The molecule has 2 aromatic rings. The summed E-state index contributed by atoms with van der Waals surface area (Å²) in [5.74, 6) is -0.866. The van der Waals surface area contributed by atoms with Crippen LogP contribution in [0.15, 0.2) is 48.5 Å². The first kappa shape index (κ1) is 16.5. The zero-order valence-electron chi connectivity index (χ0n) is 13.5. The third-order valence-electron chi connectivity index (χ3n) is 3.71. The fraction of sp³-hybridized carbons (Fsp3) is 0.167. The van der Waals surface area contributed by atoms with Gasteiger partial charge in [0.05, 0.1) is 12.1 Å². The van der Waals surface area contributed by atoms with Gasteiger partial charge in [0.15, 0.2) is 6.10 Å². The van der Waals surface area contributed by atoms with Gasteiger partial charge in [-0.25, -0.2) is 0 Å². The highest BCUT2D eigenvalue weighted by Gasteiger charge is 2.29. The largest absolute Gasteiger partial charge is 0.478 e. The Bertz CT molecular complexity index is 817. The summed E-state index contributed by atoms with van der Waals surface area (Å²) < 4.78 is 5.53. The van der Waals surface area contributed by atoms with E-state index in [2.05, 4.69) is 16.2 Å². The maximum atomic E-state index is 12.0. The van der Waals surface area contributed by atoms with E-state index in [1.165, 1.54) is 0 Å². The van der Waals surface area contributed by atoms with Crippen LogP contribution in [0, 0.1) is 6.92 Å². The highest BCUT2D eigenvalue weighted by molar-refractivity contribution is 6.00. The van der Waals surface area contributed by atoms with Crippen molar-refractivity contribution in [3.05, 3.63) is 59.7 Å². The molecule has 1 heterocycles. The molecule has 7 heteroatoms. The number of hydrazine groups is 1. The second-order valence-corrected chi connectivity index (χ2v) is 5.66. The van der Waals surface area contributed by atoms with E-state index in [1.807, 2.05) is 6.92 Å². The van der Waals surface area contributed by atoms with E-state index in [9.17, 15) is 14.4 Å². The van der Waals surface area contributed by atoms with Gasteiger partial charge in [-0.2, -0.15) is 0 Å². The second-order valence-electron chi connectivity index (χ2n) is 5.66. The van der Waals surface area contributed by atoms with Gasteiger partial charge in [0.25, 0.3) is 11.8 Å². The molecule has 0 radical (unpaired) electrons. The molecular weight excluding hydrogens is 322 g/mol. The molecule has 0 saturated heterocycles. The molecule has 1 aliphatic rings. The molecule has 3 rings (SSSR count). The van der Waals surface area contributed by atoms with Crippen molar-refractivity contribution in [3.8, 4) is 5.75 Å². The van der Waals surface area contributed by atoms with E-state index in [4.69, 9.17) is 4.74 Å². The van der Waals surface area contributed by atoms with Crippen LogP contribution in [0.25, 0.3) is 0 Å². The molecule has 3 N–H and O–H groups in total. The van der Waals surface area contributed by atoms with Gasteiger partial charge in [-0.15, -0.1) is 0 Å². The number of amides is 3. The first-order valence-corrected chi connectivity index (χ1v) is 7.75. The minimum absolute atomic E-state index is 0.214. The number of carbonyl (C=O) groups is 3. The summed E-state index contributed by atoms with van der Waals surface area (Å²) in [5, 5.41) is 2.68. The van der Waals surface area contributed by atoms with E-state index in [1.54, 1.807) is 48.5 Å². The van der Waals surface area contributed by atoms with Gasteiger partial charge in [0, 0.05) is 5.56 Å². The van der Waals surface area contributed by atoms with Crippen LogP contribution in [0.2, 0.25) is 0 Å². The van der Waals surface area contributed by atoms with Gasteiger partial charge in [0.1, 0.15) is 5.75 Å². The minimum Gasteiger partial charge on any atom is -0.478 e. The molecule has 1 aliphatic heterocycles. The average molecular weight is 339 g/mol. The van der Waals surface area contributed by atoms with Crippen molar-refractivity contribution in [2.24, 2.45) is 0 Å². The average Bonchev–Trinajstić information content (AvgIpc) is 2.61. The third-order valence-corrected chi connectivity index (χ3v) is 3.71. The molecule has 0 unspecified atom stereocenters. The summed E-state index contributed by atoms with van der Waals surface area (Å²) in [5.41, 5.74) is 6.62. The van der Waals surface area contributed by atoms with Crippen molar-refractivity contribution in [3.63, 3.8) is 0 Å². The normalized spacial score (nSPS) is 15.4. The van der Waals surface area contributed by atoms with E-state index >= 15 is 0 Å². The molecular formula is C18H17N3O4. The summed E-state index contributed by atoms with van der Waals surface area (Å²) in [7, 11) is 0. The number of hydrogen-bond acceptors (Lipinski definition) is 4. The molecule has 0 bridgehead atoms. The van der Waals surface area contributed by atoms with Crippen LogP contribution in [0.1, 0.15) is 22.3 Å². The molecule has 0 spiro atoms. The summed E-state index contributed by atoms with van der Waals surface area (Å²) in [6, 6.07) is 13.9. The van der Waals surface area contributed by atoms with Gasteiger partial charge in [0.2, 0.25) is 5.91 Å². The Labute approximate surface area is 144 Å². The van der Waals surface area contributed by atoms with Gasteiger partial charge in [-0.05, 0) is 31.2 Å². The fourth-order valence-electron chi connectivity index (χ4n) is 2.35. The lowest BCUT2D eigenvalue weighted by Gasteiger charge is -2.25. The second kappa shape index (κ2) is 7.04. The number of carbonyl (C=O) groups excluding carboxylic acids is 3. The molecule has 0 aromatic heterocycles. The smallest absolute Gasteiger partial charge is 0.269 e. The van der Waals surface area contributed by atoms with Crippen molar-refractivity contribution in [1.29, 1.82) is 0 Å². The zero-order valence-corrected chi connectivity index (χ0v) is 13.5. The lowest BCUT2D eigenvalue weighted by Crippen LogP contribution is -2.46. The third kappa shape index (κ3) is 3.95. The van der Waals surface area contributed by atoms with E-state index in [-0.39, 0.29) is 6.42 Å². The lowest BCUT2D eigenvalue weighted by atomic mass is 10.1. The first-order chi connectivity index (χ1) is 12.0. The molecule has 2 aromatic carbocycles. The molecule has 1 atom stereocenters. The quantitative estimate of drug-likeness (QED) is 0.739. The van der Waals surface area contributed by atoms with Crippen molar-refractivity contribution < 1.29 is 19.1 Å². The Balaban J connectivity index is 1.53. The maximum Gasteiger partial charge on any atom is 0.269 e. The van der Waals surface area contributed by atoms with Crippen LogP contribution in [0.5, 0.6) is 5.75 Å². The minimum atomic E-state index is -0.953. The van der Waals surface area contributed by atoms with Crippen molar-refractivity contribution in [2.45, 2.75) is 19.4 Å². The Kier molecular flexibility index (Phi) is 4.65. The van der Waals surface area contributed by atoms with Gasteiger partial charge in [-0.3, -0.25) is 25.2 Å². The van der Waals surface area contributed by atoms with Crippen LogP contribution < -0.4 is 20.9 Å². The Morgan fingerprint density at radius 2 is 1.80 bits per heavy atom. The number of anilines is 1. The van der Waals surface area contributed by atoms with Crippen molar-refractivity contribution >= 4 is 23.4 Å². The number of fused-ring (bicyclic) bond motifs is 1. The van der Waals surface area contributed by atoms with Gasteiger partial charge >= 0.3 is 0 Å². The summed E-state index contributed by atoms with van der Waals surface area (Å²) >= 11 is 0. The topological polar surface area (TPSA) is 96.5 Å². The Morgan fingerprint density at radius 1 is 1.08 bits per heavy atom. The summed E-state index contributed by atoms with van der Waals surface area (Å²) in [6.45, 7) is 1.91. The summed E-state index contributed by atoms with van der Waals surface area (Å²) in [4.78, 5) is 35.9. The summed E-state index contributed by atoms with van der Waals surface area (Å²) in [6.07, 6.45) is -1.17. The van der Waals surface area contributed by atoms with Crippen LogP contribution >= 0.6 is 0 Å². The molecule has 0 saturated carbocycles. The number of aryl methyl sites for hydroxylation is 1. The molecule has 3 amide bonds. The number of nitrogens with one attached hydrogen (secondary N) is 3. The number of ether oxygens (including phenoxy) is 1. The van der Waals surface area contributed by atoms with Gasteiger partial charge in [-0.1, -0.05) is 29.8 Å². The number of rotatable bonds is 3. The first-order valence-electron chi connectivity index (χ1n) is 7.75. The highest BCUT2D eigenvalue weighted by Crippen LogP contribution is 2.29. The monoisotopic (exact) mass is 339 g/mol. The molecule has 128 valence electrons. The van der Waals surface area contributed by atoms with Gasteiger partial charge < -0.3 is 10.1 Å². The Morgan fingerprint density at radius 3 is 2.56 bits per heavy atom. The van der Waals surface area contributed by atoms with E-state index in [0.29, 0.717) is 17.0 Å². The van der Waals surface area contributed by atoms with Crippen LogP contribution in [0.3, 0.4) is 0 Å². The molecule has 0 fully saturated rings. The van der Waals surface area contributed by atoms with Crippen molar-refractivity contribution in [2.75, 3.05) is 5.32 Å². The van der Waals surface area contributed by atoms with Crippen LogP contribution in [0.4, 0.5) is 5.69 Å². The fourth-order valence-corrected chi connectivity index (χ4v) is 2.35. The maximum absolute atomic E-state index is 12.0. The van der Waals surface area contributed by atoms with Crippen LogP contribution in [-0.2, 0) is 9.59 Å². The molecule has 0 aliphatic carbocycles. The Hall–Kier alpha value is -3.35. The zero-order chi connectivity index (χ0) is 17.8. The van der Waals surface area contributed by atoms with E-state index in [0.717, 1.165) is 5.56 Å². The highest BCUT2D eigenvalue weighted by atomic mass is 16.5.